The average Bonchev–Trinajstić information content (AvgIpc) is 3.48. The summed E-state index contributed by atoms with van der Waals surface area (Å²) >= 11 is 3.14. The molecule has 0 radical (unpaired) electrons. The van der Waals surface area contributed by atoms with Gasteiger partial charge < -0.3 is 20.3 Å². The predicted octanol–water partition coefficient (Wildman–Crippen LogP) is 3.70. The van der Waals surface area contributed by atoms with Crippen LogP contribution in [0, 0.1) is 13.8 Å². The van der Waals surface area contributed by atoms with Gasteiger partial charge in [0.05, 0.1) is 26.5 Å². The molecule has 2 aromatic carbocycles. The normalized spacial score (nSPS) is 16.9. The first-order chi connectivity index (χ1) is 16.9. The zero-order valence-corrected chi connectivity index (χ0v) is 20.9. The van der Waals surface area contributed by atoms with Crippen LogP contribution in [0.15, 0.2) is 42.5 Å². The van der Waals surface area contributed by atoms with Crippen LogP contribution < -0.4 is 15.4 Å². The van der Waals surface area contributed by atoms with Crippen LogP contribution in [0.2, 0.25) is 0 Å². The minimum Gasteiger partial charge on any atom is -0.481 e. The molecule has 1 fully saturated rings. The number of amides is 3. The van der Waals surface area contributed by atoms with Crippen molar-refractivity contribution in [1.82, 2.24) is 15.2 Å². The number of rotatable bonds is 5. The number of nitrogens with zero attached hydrogens (tertiary/aromatic N) is 2. The molecule has 2 aliphatic rings. The van der Waals surface area contributed by atoms with Gasteiger partial charge in [-0.05, 0) is 31.5 Å². The maximum absolute atomic E-state index is 13.6. The van der Waals surface area contributed by atoms with Gasteiger partial charge in [0, 0.05) is 18.8 Å². The third-order valence-corrected chi connectivity index (χ3v) is 8.03. The molecule has 1 unspecified atom stereocenters. The molecule has 3 aromatic rings. The molecule has 0 aliphatic carbocycles. The fraction of sp³-hybridized carbons (Fsp3) is 0.280. The fourth-order valence-electron chi connectivity index (χ4n) is 4.18. The highest BCUT2D eigenvalue weighted by Gasteiger charge is 2.33. The van der Waals surface area contributed by atoms with E-state index in [1.165, 1.54) is 11.3 Å². The number of nitrogens with one attached hydrogen (secondary N) is 2. The van der Waals surface area contributed by atoms with E-state index in [9.17, 15) is 14.4 Å². The van der Waals surface area contributed by atoms with Crippen molar-refractivity contribution in [2.45, 2.75) is 19.2 Å². The minimum absolute atomic E-state index is 0.127. The highest BCUT2D eigenvalue weighted by atomic mass is 32.2. The first kappa shape index (κ1) is 23.4. The van der Waals surface area contributed by atoms with Gasteiger partial charge >= 0.3 is 0 Å². The molecule has 2 N–H and O–H groups in total. The van der Waals surface area contributed by atoms with E-state index in [2.05, 4.69) is 21.7 Å². The van der Waals surface area contributed by atoms with Crippen LogP contribution >= 0.6 is 23.1 Å². The third kappa shape index (κ3) is 4.76. The number of carbonyl (C=O) groups is 3. The van der Waals surface area contributed by atoms with Crippen LogP contribution in [0.1, 0.15) is 31.4 Å². The van der Waals surface area contributed by atoms with Crippen LogP contribution in [0.25, 0.3) is 10.4 Å². The van der Waals surface area contributed by atoms with Crippen molar-refractivity contribution in [3.63, 3.8) is 0 Å². The van der Waals surface area contributed by atoms with Crippen LogP contribution in [0.3, 0.4) is 0 Å². The first-order valence-electron chi connectivity index (χ1n) is 11.2. The van der Waals surface area contributed by atoms with Crippen molar-refractivity contribution in [2.24, 2.45) is 0 Å². The molecule has 5 rings (SSSR count). The zero-order chi connectivity index (χ0) is 24.5. The van der Waals surface area contributed by atoms with Gasteiger partial charge in [-0.1, -0.05) is 35.9 Å². The van der Waals surface area contributed by atoms with Gasteiger partial charge in [-0.2, -0.15) is 0 Å². The molecule has 3 amide bonds. The number of anilines is 1. The topological polar surface area (TPSA) is 101 Å². The van der Waals surface area contributed by atoms with Gasteiger partial charge in [0.1, 0.15) is 5.69 Å². The standard InChI is InChI=1S/C25H24N4O4S2/c1-14-5-3-6-16(11-14)23-21(27-15(2)35-23)25(32)29-9-10-34-20(29)12-26-24(31)17-7-4-8-18-22(17)33-13-19(30)28-18/h3-8,11,20H,9-10,12-13H2,1-2H3,(H,26,31)(H,28,30). The molecule has 1 saturated heterocycles. The molecule has 1 aromatic heterocycles. The first-order valence-corrected chi connectivity index (χ1v) is 13.1. The lowest BCUT2D eigenvalue weighted by atomic mass is 10.1. The maximum atomic E-state index is 13.6. The third-order valence-electron chi connectivity index (χ3n) is 5.79. The van der Waals surface area contributed by atoms with Gasteiger partial charge in [-0.15, -0.1) is 23.1 Å². The molecule has 3 heterocycles. The van der Waals surface area contributed by atoms with Crippen molar-refractivity contribution in [1.29, 1.82) is 0 Å². The number of thiazole rings is 1. The van der Waals surface area contributed by atoms with E-state index < -0.39 is 0 Å². The highest BCUT2D eigenvalue weighted by Crippen LogP contribution is 2.34. The summed E-state index contributed by atoms with van der Waals surface area (Å²) in [6, 6.07) is 13.1. The summed E-state index contributed by atoms with van der Waals surface area (Å²) in [6.07, 6.45) is 0. The Hall–Kier alpha value is -3.37. The second-order valence-electron chi connectivity index (χ2n) is 8.33. The quantitative estimate of drug-likeness (QED) is 0.545. The number of ether oxygens (including phenoxy) is 1. The van der Waals surface area contributed by atoms with E-state index in [1.807, 2.05) is 32.0 Å². The fourth-order valence-corrected chi connectivity index (χ4v) is 6.24. The van der Waals surface area contributed by atoms with Gasteiger partial charge in [0.2, 0.25) is 0 Å². The highest BCUT2D eigenvalue weighted by molar-refractivity contribution is 8.00. The minimum atomic E-state index is -0.317. The average molecular weight is 509 g/mol. The van der Waals surface area contributed by atoms with Crippen LogP contribution in [0.4, 0.5) is 5.69 Å². The summed E-state index contributed by atoms with van der Waals surface area (Å²) in [7, 11) is 0. The number of benzene rings is 2. The summed E-state index contributed by atoms with van der Waals surface area (Å²) in [4.78, 5) is 45.3. The molecule has 35 heavy (non-hydrogen) atoms. The van der Waals surface area contributed by atoms with Gasteiger partial charge in [0.25, 0.3) is 17.7 Å². The molecule has 8 nitrogen and oxygen atoms in total. The Morgan fingerprint density at radius 2 is 2.06 bits per heavy atom. The van der Waals surface area contributed by atoms with E-state index in [0.29, 0.717) is 29.2 Å². The summed E-state index contributed by atoms with van der Waals surface area (Å²) in [5.74, 6) is 0.442. The molecule has 10 heteroatoms. The molecule has 2 aliphatic heterocycles. The molecule has 0 spiro atoms. The van der Waals surface area contributed by atoms with E-state index in [-0.39, 0.29) is 36.2 Å². The number of hydrogen-bond acceptors (Lipinski definition) is 7. The van der Waals surface area contributed by atoms with Crippen molar-refractivity contribution < 1.29 is 19.1 Å². The Morgan fingerprint density at radius 1 is 1.23 bits per heavy atom. The summed E-state index contributed by atoms with van der Waals surface area (Å²) in [5, 5.41) is 6.27. The molecule has 0 bridgehead atoms. The number of aryl methyl sites for hydroxylation is 2. The summed E-state index contributed by atoms with van der Waals surface area (Å²) < 4.78 is 5.49. The number of aromatic nitrogens is 1. The monoisotopic (exact) mass is 508 g/mol. The molecule has 0 saturated carbocycles. The number of carbonyl (C=O) groups excluding carboxylic acids is 3. The van der Waals surface area contributed by atoms with E-state index in [1.54, 1.807) is 34.9 Å². The van der Waals surface area contributed by atoms with Crippen LogP contribution in [-0.2, 0) is 4.79 Å². The Morgan fingerprint density at radius 3 is 2.89 bits per heavy atom. The second-order valence-corrected chi connectivity index (χ2v) is 10.8. The van der Waals surface area contributed by atoms with Crippen LogP contribution in [0.5, 0.6) is 5.75 Å². The lowest BCUT2D eigenvalue weighted by Gasteiger charge is -2.24. The number of thioether (sulfide) groups is 1. The number of hydrogen-bond donors (Lipinski definition) is 2. The van der Waals surface area contributed by atoms with E-state index >= 15 is 0 Å². The zero-order valence-electron chi connectivity index (χ0n) is 19.3. The van der Waals surface area contributed by atoms with E-state index in [4.69, 9.17) is 4.74 Å². The lowest BCUT2D eigenvalue weighted by Crippen LogP contribution is -2.42. The maximum Gasteiger partial charge on any atom is 0.274 e. The van der Waals surface area contributed by atoms with Gasteiger partial charge in [0.15, 0.2) is 12.4 Å². The number of fused-ring (bicyclic) bond motifs is 1. The van der Waals surface area contributed by atoms with Crippen LogP contribution in [-0.4, -0.2) is 58.4 Å². The molecule has 180 valence electrons. The molecular weight excluding hydrogens is 484 g/mol. The van der Waals surface area contributed by atoms with Gasteiger partial charge in [-0.3, -0.25) is 14.4 Å². The SMILES string of the molecule is Cc1cccc(-c2sc(C)nc2C(=O)N2CCSC2CNC(=O)c2cccc3c2OCC(=O)N3)c1. The Kier molecular flexibility index (Phi) is 6.48. The summed E-state index contributed by atoms with van der Waals surface area (Å²) in [5.41, 5.74) is 3.38. The van der Waals surface area contributed by atoms with Crippen molar-refractivity contribution in [2.75, 3.05) is 30.8 Å². The van der Waals surface area contributed by atoms with E-state index in [0.717, 1.165) is 26.8 Å². The lowest BCUT2D eigenvalue weighted by molar-refractivity contribution is -0.118. The van der Waals surface area contributed by atoms with Gasteiger partial charge in [-0.25, -0.2) is 4.98 Å². The Labute approximate surface area is 211 Å². The van der Waals surface area contributed by atoms with Crippen molar-refractivity contribution in [3.05, 3.63) is 64.3 Å². The predicted molar refractivity (Wildman–Crippen MR) is 137 cm³/mol. The smallest absolute Gasteiger partial charge is 0.274 e. The second kappa shape index (κ2) is 9.71. The Balaban J connectivity index is 1.31. The molecular formula is C25H24N4O4S2. The summed E-state index contributed by atoms with van der Waals surface area (Å²) in [6.45, 7) is 4.67. The van der Waals surface area contributed by atoms with Crippen molar-refractivity contribution >= 4 is 46.5 Å². The Bertz CT molecular complexity index is 1320. The van der Waals surface area contributed by atoms with Crippen molar-refractivity contribution in [3.8, 4) is 16.2 Å². The largest absolute Gasteiger partial charge is 0.481 e. The molecule has 1 atom stereocenters. The number of para-hydroxylation sites is 1.